The molecule has 0 bridgehead atoms. The van der Waals surface area contributed by atoms with Gasteiger partial charge < -0.3 is 14.7 Å². The number of piperazine rings is 1. The van der Waals surface area contributed by atoms with Crippen molar-refractivity contribution < 1.29 is 9.59 Å². The second-order valence-electron chi connectivity index (χ2n) is 8.04. The molecular formula is C21H29N3O2. The van der Waals surface area contributed by atoms with E-state index >= 15 is 0 Å². The fourth-order valence-corrected chi connectivity index (χ4v) is 4.73. The van der Waals surface area contributed by atoms with Gasteiger partial charge in [0.15, 0.2) is 0 Å². The van der Waals surface area contributed by atoms with Crippen molar-refractivity contribution in [3.8, 4) is 0 Å². The van der Waals surface area contributed by atoms with Gasteiger partial charge in [0.1, 0.15) is 0 Å². The van der Waals surface area contributed by atoms with Gasteiger partial charge in [0.2, 0.25) is 11.8 Å². The zero-order chi connectivity index (χ0) is 18.1. The summed E-state index contributed by atoms with van der Waals surface area (Å²) >= 11 is 0. The first-order valence-electron chi connectivity index (χ1n) is 10.0. The van der Waals surface area contributed by atoms with E-state index in [0.29, 0.717) is 19.0 Å². The normalized spacial score (nSPS) is 24.6. The molecule has 0 unspecified atom stereocenters. The van der Waals surface area contributed by atoms with Crippen LogP contribution in [0.4, 0.5) is 5.69 Å². The highest BCUT2D eigenvalue weighted by molar-refractivity contribution is 5.89. The van der Waals surface area contributed by atoms with Gasteiger partial charge in [0.25, 0.3) is 0 Å². The Morgan fingerprint density at radius 1 is 1.08 bits per heavy atom. The van der Waals surface area contributed by atoms with Crippen molar-refractivity contribution in [1.29, 1.82) is 0 Å². The number of anilines is 1. The number of likely N-dealkylation sites (tertiary alicyclic amines) is 1. The zero-order valence-electron chi connectivity index (χ0n) is 15.7. The summed E-state index contributed by atoms with van der Waals surface area (Å²) in [4.78, 5) is 31.6. The lowest BCUT2D eigenvalue weighted by Crippen LogP contribution is -2.50. The average Bonchev–Trinajstić information content (AvgIpc) is 3.31. The molecule has 1 saturated carbocycles. The summed E-state index contributed by atoms with van der Waals surface area (Å²) in [7, 11) is 0. The highest BCUT2D eigenvalue weighted by Gasteiger charge is 2.40. The number of nitrogens with zero attached hydrogens (tertiary/aromatic N) is 3. The van der Waals surface area contributed by atoms with Crippen molar-refractivity contribution in [1.82, 2.24) is 9.80 Å². The quantitative estimate of drug-likeness (QED) is 0.836. The van der Waals surface area contributed by atoms with Crippen LogP contribution in [0.3, 0.4) is 0 Å². The van der Waals surface area contributed by atoms with Gasteiger partial charge in [-0.25, -0.2) is 0 Å². The van der Waals surface area contributed by atoms with Gasteiger partial charge in [-0.15, -0.1) is 0 Å². The standard InChI is InChI=1S/C21H29N3O2/c1-16-5-4-8-19(13-16)22-9-11-23(12-10-22)21(26)17-14-20(25)24(15-17)18-6-2-3-7-18/h4-5,8,13,17-18H,2-3,6-7,9-12,14-15H2,1H3/t17-/m1/s1. The molecule has 2 amide bonds. The van der Waals surface area contributed by atoms with E-state index in [9.17, 15) is 9.59 Å². The molecule has 4 rings (SSSR count). The number of hydrogen-bond acceptors (Lipinski definition) is 3. The van der Waals surface area contributed by atoms with Gasteiger partial charge in [-0.1, -0.05) is 25.0 Å². The van der Waals surface area contributed by atoms with Crippen LogP contribution in [0.25, 0.3) is 0 Å². The van der Waals surface area contributed by atoms with Gasteiger partial charge in [-0.05, 0) is 37.5 Å². The third-order valence-electron chi connectivity index (χ3n) is 6.23. The van der Waals surface area contributed by atoms with Crippen LogP contribution >= 0.6 is 0 Å². The van der Waals surface area contributed by atoms with Crippen molar-refractivity contribution in [2.75, 3.05) is 37.6 Å². The van der Waals surface area contributed by atoms with E-state index < -0.39 is 0 Å². The number of carbonyl (C=O) groups excluding carboxylic acids is 2. The first-order valence-corrected chi connectivity index (χ1v) is 10.0. The van der Waals surface area contributed by atoms with Crippen LogP contribution in [-0.2, 0) is 9.59 Å². The van der Waals surface area contributed by atoms with Crippen LogP contribution in [0.15, 0.2) is 24.3 Å². The van der Waals surface area contributed by atoms with E-state index in [2.05, 4.69) is 36.1 Å². The molecule has 2 heterocycles. The molecule has 5 nitrogen and oxygen atoms in total. The first kappa shape index (κ1) is 17.4. The molecule has 3 aliphatic rings. The molecule has 1 aromatic carbocycles. The van der Waals surface area contributed by atoms with Gasteiger partial charge in [-0.3, -0.25) is 9.59 Å². The third kappa shape index (κ3) is 3.44. The molecule has 0 aromatic heterocycles. The van der Waals surface area contributed by atoms with Crippen molar-refractivity contribution in [3.63, 3.8) is 0 Å². The van der Waals surface area contributed by atoms with Crippen molar-refractivity contribution >= 4 is 17.5 Å². The summed E-state index contributed by atoms with van der Waals surface area (Å²) in [5.41, 5.74) is 2.50. The fraction of sp³-hybridized carbons (Fsp3) is 0.619. The largest absolute Gasteiger partial charge is 0.368 e. The van der Waals surface area contributed by atoms with E-state index in [0.717, 1.165) is 39.0 Å². The maximum atomic E-state index is 12.9. The maximum Gasteiger partial charge on any atom is 0.228 e. The molecule has 3 fully saturated rings. The molecule has 140 valence electrons. The monoisotopic (exact) mass is 355 g/mol. The van der Waals surface area contributed by atoms with Crippen molar-refractivity contribution in [3.05, 3.63) is 29.8 Å². The van der Waals surface area contributed by atoms with Gasteiger partial charge in [0.05, 0.1) is 5.92 Å². The highest BCUT2D eigenvalue weighted by Crippen LogP contribution is 2.30. The number of benzene rings is 1. The lowest BCUT2D eigenvalue weighted by atomic mass is 10.1. The molecule has 2 aliphatic heterocycles. The molecule has 0 spiro atoms. The summed E-state index contributed by atoms with van der Waals surface area (Å²) in [6, 6.07) is 8.92. The Morgan fingerprint density at radius 3 is 2.50 bits per heavy atom. The molecule has 0 radical (unpaired) electrons. The second kappa shape index (κ2) is 7.29. The van der Waals surface area contributed by atoms with E-state index in [1.165, 1.54) is 24.1 Å². The topological polar surface area (TPSA) is 43.9 Å². The molecule has 26 heavy (non-hydrogen) atoms. The summed E-state index contributed by atoms with van der Waals surface area (Å²) < 4.78 is 0. The van der Waals surface area contributed by atoms with Gasteiger partial charge in [-0.2, -0.15) is 0 Å². The van der Waals surface area contributed by atoms with Crippen LogP contribution in [0, 0.1) is 12.8 Å². The molecule has 2 saturated heterocycles. The van der Waals surface area contributed by atoms with Crippen LogP contribution < -0.4 is 4.90 Å². The second-order valence-corrected chi connectivity index (χ2v) is 8.04. The van der Waals surface area contributed by atoms with Crippen LogP contribution in [-0.4, -0.2) is 60.4 Å². The van der Waals surface area contributed by atoms with Gasteiger partial charge >= 0.3 is 0 Å². The smallest absolute Gasteiger partial charge is 0.228 e. The van der Waals surface area contributed by atoms with Gasteiger partial charge in [0, 0.05) is 50.9 Å². The summed E-state index contributed by atoms with van der Waals surface area (Å²) in [6.07, 6.45) is 5.07. The van der Waals surface area contributed by atoms with Crippen LogP contribution in [0.5, 0.6) is 0 Å². The Bertz CT molecular complexity index is 676. The lowest BCUT2D eigenvalue weighted by Gasteiger charge is -2.37. The number of hydrogen-bond donors (Lipinski definition) is 0. The predicted octanol–water partition coefficient (Wildman–Crippen LogP) is 2.43. The van der Waals surface area contributed by atoms with Crippen molar-refractivity contribution in [2.45, 2.75) is 45.1 Å². The van der Waals surface area contributed by atoms with E-state index in [1.807, 2.05) is 9.80 Å². The number of amides is 2. The van der Waals surface area contributed by atoms with E-state index in [1.54, 1.807) is 0 Å². The van der Waals surface area contributed by atoms with E-state index in [4.69, 9.17) is 0 Å². The SMILES string of the molecule is Cc1cccc(N2CCN(C(=O)[C@@H]3CC(=O)N(C4CCCC4)C3)CC2)c1. The summed E-state index contributed by atoms with van der Waals surface area (Å²) in [5, 5.41) is 0. The molecule has 1 atom stereocenters. The Hall–Kier alpha value is -2.04. The van der Waals surface area contributed by atoms with E-state index in [-0.39, 0.29) is 17.7 Å². The molecule has 5 heteroatoms. The first-order chi connectivity index (χ1) is 12.6. The molecule has 1 aromatic rings. The van der Waals surface area contributed by atoms with Crippen LogP contribution in [0.1, 0.15) is 37.7 Å². The highest BCUT2D eigenvalue weighted by atomic mass is 16.2. The summed E-state index contributed by atoms with van der Waals surface area (Å²) in [5.74, 6) is 0.241. The van der Waals surface area contributed by atoms with Crippen LogP contribution in [0.2, 0.25) is 0 Å². The molecule has 1 aliphatic carbocycles. The Kier molecular flexibility index (Phi) is 4.88. The number of rotatable bonds is 3. The lowest BCUT2D eigenvalue weighted by molar-refractivity contribution is -0.136. The fourth-order valence-electron chi connectivity index (χ4n) is 4.73. The minimum atomic E-state index is -0.131. The zero-order valence-corrected chi connectivity index (χ0v) is 15.7. The van der Waals surface area contributed by atoms with Crippen molar-refractivity contribution in [2.24, 2.45) is 5.92 Å². The molecular weight excluding hydrogens is 326 g/mol. The Morgan fingerprint density at radius 2 is 1.81 bits per heavy atom. The third-order valence-corrected chi connectivity index (χ3v) is 6.23. The minimum Gasteiger partial charge on any atom is -0.368 e. The maximum absolute atomic E-state index is 12.9. The summed E-state index contributed by atoms with van der Waals surface area (Å²) in [6.45, 7) is 5.98. The Balaban J connectivity index is 1.33. The minimum absolute atomic E-state index is 0.131. The number of aryl methyl sites for hydroxylation is 1. The Labute approximate surface area is 155 Å². The average molecular weight is 355 g/mol. The molecule has 0 N–H and O–H groups in total. The predicted molar refractivity (Wildman–Crippen MR) is 102 cm³/mol. The number of carbonyl (C=O) groups is 2.